The van der Waals surface area contributed by atoms with Crippen LogP contribution in [-0.4, -0.2) is 53.1 Å². The monoisotopic (exact) mass is 384 g/mol. The molecule has 0 unspecified atom stereocenters. The van der Waals surface area contributed by atoms with Gasteiger partial charge in [0.2, 0.25) is 0 Å². The molecule has 126 valence electrons. The van der Waals surface area contributed by atoms with Crippen molar-refractivity contribution in [2.24, 2.45) is 5.92 Å². The Morgan fingerprint density at radius 3 is 2.61 bits per heavy atom. The Bertz CT molecular complexity index is 622. The molecule has 0 aliphatic carbocycles. The van der Waals surface area contributed by atoms with E-state index in [9.17, 15) is 9.59 Å². The Labute approximate surface area is 143 Å². The molecule has 3 rings (SSSR count). The lowest BCUT2D eigenvalue weighted by atomic mass is 10.00. The Hall–Kier alpha value is -1.50. The number of piperidine rings is 1. The predicted octanol–water partition coefficient (Wildman–Crippen LogP) is 3.12. The van der Waals surface area contributed by atoms with Crippen molar-refractivity contribution in [3.05, 3.63) is 22.6 Å². The number of fused-ring (bicyclic) bond motifs is 2. The van der Waals surface area contributed by atoms with E-state index in [2.05, 4.69) is 15.9 Å². The van der Waals surface area contributed by atoms with Crippen LogP contribution in [0.4, 0.5) is 4.79 Å². The van der Waals surface area contributed by atoms with Crippen molar-refractivity contribution in [3.63, 3.8) is 0 Å². The second-order valence-electron chi connectivity index (χ2n) is 7.20. The van der Waals surface area contributed by atoms with Gasteiger partial charge in [0, 0.05) is 19.6 Å². The molecule has 2 aliphatic rings. The Morgan fingerprint density at radius 1 is 1.26 bits per heavy atom. The van der Waals surface area contributed by atoms with Crippen molar-refractivity contribution in [1.29, 1.82) is 0 Å². The summed E-state index contributed by atoms with van der Waals surface area (Å²) in [4.78, 5) is 28.4. The van der Waals surface area contributed by atoms with Crippen molar-refractivity contribution in [2.45, 2.75) is 38.8 Å². The van der Waals surface area contributed by atoms with Crippen molar-refractivity contribution in [3.8, 4) is 0 Å². The number of hydrogen-bond donors (Lipinski definition) is 0. The van der Waals surface area contributed by atoms with Crippen LogP contribution in [0.15, 0.2) is 21.2 Å². The molecule has 2 bridgehead atoms. The maximum Gasteiger partial charge on any atom is 0.410 e. The lowest BCUT2D eigenvalue weighted by molar-refractivity contribution is 0.0206. The summed E-state index contributed by atoms with van der Waals surface area (Å²) >= 11 is 3.21. The van der Waals surface area contributed by atoms with E-state index in [4.69, 9.17) is 9.15 Å². The zero-order chi connectivity index (χ0) is 16.8. The standard InChI is InChI=1S/C16H21BrN2O4/c1-16(2,3)23-15(21)19-8-10-6-11(19)9-18(7-10)14(20)12-4-5-13(17)22-12/h4-5,10-11H,6-9H2,1-3H3/t10-,11+/m1/s1. The SMILES string of the molecule is CC(C)(C)OC(=O)N1C[C@@H]2C[C@H]1CN(C(=O)c1ccc(Br)o1)C2. The third kappa shape index (κ3) is 3.54. The van der Waals surface area contributed by atoms with Crippen LogP contribution in [0.3, 0.4) is 0 Å². The lowest BCUT2D eigenvalue weighted by Gasteiger charge is -2.32. The van der Waals surface area contributed by atoms with E-state index < -0.39 is 5.60 Å². The number of carbonyl (C=O) groups excluding carboxylic acids is 2. The van der Waals surface area contributed by atoms with E-state index in [1.807, 2.05) is 20.8 Å². The molecule has 0 saturated carbocycles. The van der Waals surface area contributed by atoms with Gasteiger partial charge in [0.15, 0.2) is 10.4 Å². The summed E-state index contributed by atoms with van der Waals surface area (Å²) in [5.41, 5.74) is -0.510. The highest BCUT2D eigenvalue weighted by atomic mass is 79.9. The van der Waals surface area contributed by atoms with Gasteiger partial charge in [-0.05, 0) is 61.2 Å². The maximum absolute atomic E-state index is 12.5. The number of hydrogen-bond acceptors (Lipinski definition) is 4. The van der Waals surface area contributed by atoms with E-state index in [1.165, 1.54) is 0 Å². The summed E-state index contributed by atoms with van der Waals surface area (Å²) in [6.45, 7) is 7.39. The number of nitrogens with zero attached hydrogens (tertiary/aromatic N) is 2. The molecule has 1 aromatic rings. The second-order valence-corrected chi connectivity index (χ2v) is 7.98. The molecule has 7 heteroatoms. The molecular formula is C16H21BrN2O4. The van der Waals surface area contributed by atoms with Crippen LogP contribution in [0.5, 0.6) is 0 Å². The van der Waals surface area contributed by atoms with E-state index >= 15 is 0 Å². The molecule has 0 spiro atoms. The Morgan fingerprint density at radius 2 is 2.00 bits per heavy atom. The van der Waals surface area contributed by atoms with Gasteiger partial charge in [-0.2, -0.15) is 0 Å². The van der Waals surface area contributed by atoms with Gasteiger partial charge in [0.05, 0.1) is 6.04 Å². The van der Waals surface area contributed by atoms with Crippen LogP contribution >= 0.6 is 15.9 Å². The van der Waals surface area contributed by atoms with Crippen molar-refractivity contribution < 1.29 is 18.7 Å². The largest absolute Gasteiger partial charge is 0.444 e. The first-order chi connectivity index (χ1) is 10.7. The van der Waals surface area contributed by atoms with Gasteiger partial charge in [-0.3, -0.25) is 4.79 Å². The molecular weight excluding hydrogens is 364 g/mol. The molecule has 1 aromatic heterocycles. The molecule has 0 radical (unpaired) electrons. The minimum Gasteiger partial charge on any atom is -0.444 e. The summed E-state index contributed by atoms with van der Waals surface area (Å²) in [5, 5.41) is 0. The smallest absolute Gasteiger partial charge is 0.410 e. The number of rotatable bonds is 1. The van der Waals surface area contributed by atoms with Gasteiger partial charge < -0.3 is 19.0 Å². The summed E-state index contributed by atoms with van der Waals surface area (Å²) in [5.74, 6) is 0.488. The number of halogens is 1. The fraction of sp³-hybridized carbons (Fsp3) is 0.625. The average molecular weight is 385 g/mol. The van der Waals surface area contributed by atoms with Crippen LogP contribution in [0.1, 0.15) is 37.7 Å². The second kappa shape index (κ2) is 5.85. The topological polar surface area (TPSA) is 63.0 Å². The fourth-order valence-electron chi connectivity index (χ4n) is 3.25. The van der Waals surface area contributed by atoms with E-state index in [0.717, 1.165) is 6.42 Å². The average Bonchev–Trinajstić information content (AvgIpc) is 2.99. The first-order valence-corrected chi connectivity index (χ1v) is 8.56. The normalized spacial score (nSPS) is 24.0. The fourth-order valence-corrected chi connectivity index (χ4v) is 3.56. The minimum atomic E-state index is -0.510. The highest BCUT2D eigenvalue weighted by molar-refractivity contribution is 9.10. The number of furan rings is 1. The summed E-state index contributed by atoms with van der Waals surface area (Å²) in [6, 6.07) is 3.39. The summed E-state index contributed by atoms with van der Waals surface area (Å²) in [7, 11) is 0. The number of carbonyl (C=O) groups is 2. The third-order valence-corrected chi connectivity index (χ3v) is 4.54. The van der Waals surface area contributed by atoms with Gasteiger partial charge in [0.25, 0.3) is 5.91 Å². The van der Waals surface area contributed by atoms with Crippen LogP contribution in [0.25, 0.3) is 0 Å². The highest BCUT2D eigenvalue weighted by Crippen LogP contribution is 2.32. The Kier molecular flexibility index (Phi) is 4.16. The van der Waals surface area contributed by atoms with Crippen molar-refractivity contribution in [2.75, 3.05) is 19.6 Å². The van der Waals surface area contributed by atoms with Crippen LogP contribution in [0, 0.1) is 5.92 Å². The molecule has 0 aromatic carbocycles. The third-order valence-electron chi connectivity index (χ3n) is 4.11. The maximum atomic E-state index is 12.5. The minimum absolute atomic E-state index is 0.0194. The van der Waals surface area contributed by atoms with Crippen LogP contribution < -0.4 is 0 Å². The molecule has 0 N–H and O–H groups in total. The van der Waals surface area contributed by atoms with Gasteiger partial charge in [-0.15, -0.1) is 0 Å². The first-order valence-electron chi connectivity index (χ1n) is 7.77. The zero-order valence-electron chi connectivity index (χ0n) is 13.5. The van der Waals surface area contributed by atoms with Gasteiger partial charge in [0.1, 0.15) is 5.60 Å². The Balaban J connectivity index is 1.68. The molecule has 2 aliphatic heterocycles. The zero-order valence-corrected chi connectivity index (χ0v) is 15.1. The van der Waals surface area contributed by atoms with Gasteiger partial charge >= 0.3 is 6.09 Å². The summed E-state index contributed by atoms with van der Waals surface area (Å²) < 4.78 is 11.4. The first kappa shape index (κ1) is 16.4. The van der Waals surface area contributed by atoms with Crippen molar-refractivity contribution in [1.82, 2.24) is 9.80 Å². The molecule has 2 fully saturated rings. The molecule has 2 saturated heterocycles. The van der Waals surface area contributed by atoms with Crippen LogP contribution in [-0.2, 0) is 4.74 Å². The molecule has 23 heavy (non-hydrogen) atoms. The highest BCUT2D eigenvalue weighted by Gasteiger charge is 2.44. The lowest BCUT2D eigenvalue weighted by Crippen LogP contribution is -2.47. The van der Waals surface area contributed by atoms with Gasteiger partial charge in [-0.1, -0.05) is 0 Å². The van der Waals surface area contributed by atoms with E-state index in [1.54, 1.807) is 21.9 Å². The van der Waals surface area contributed by atoms with E-state index in [0.29, 0.717) is 36.0 Å². The van der Waals surface area contributed by atoms with E-state index in [-0.39, 0.29) is 18.0 Å². The molecule has 2 atom stereocenters. The summed E-state index contributed by atoms with van der Waals surface area (Å²) in [6.07, 6.45) is 0.630. The molecule has 2 amide bonds. The quantitative estimate of drug-likeness (QED) is 0.745. The number of likely N-dealkylation sites (tertiary alicyclic amines) is 2. The molecule has 6 nitrogen and oxygen atoms in total. The van der Waals surface area contributed by atoms with Crippen molar-refractivity contribution >= 4 is 27.9 Å². The molecule has 3 heterocycles. The number of amides is 2. The van der Waals surface area contributed by atoms with Crippen LogP contribution in [0.2, 0.25) is 0 Å². The predicted molar refractivity (Wildman–Crippen MR) is 87.1 cm³/mol. The van der Waals surface area contributed by atoms with Gasteiger partial charge in [-0.25, -0.2) is 4.79 Å². The number of ether oxygens (including phenoxy) is 1.